The average Bonchev–Trinajstić information content (AvgIpc) is 2.35. The van der Waals surface area contributed by atoms with Crippen LogP contribution in [0.5, 0.6) is 5.88 Å². The molecule has 108 valence electrons. The molecule has 0 fully saturated rings. The van der Waals surface area contributed by atoms with Gasteiger partial charge in [0.15, 0.2) is 0 Å². The van der Waals surface area contributed by atoms with Gasteiger partial charge in [-0.3, -0.25) is 0 Å². The summed E-state index contributed by atoms with van der Waals surface area (Å²) >= 11 is 0. The van der Waals surface area contributed by atoms with Crippen LogP contribution in [0.2, 0.25) is 0 Å². The zero-order chi connectivity index (χ0) is 14.5. The number of nitrogens with two attached hydrogens (primary N) is 1. The highest BCUT2D eigenvalue weighted by Gasteiger charge is 2.27. The minimum absolute atomic E-state index is 0.226. The normalized spacial score (nSPS) is 14.3. The van der Waals surface area contributed by atoms with Crippen molar-refractivity contribution in [1.82, 2.24) is 9.97 Å². The van der Waals surface area contributed by atoms with Gasteiger partial charge in [-0.05, 0) is 26.2 Å². The van der Waals surface area contributed by atoms with Crippen molar-refractivity contribution in [3.63, 3.8) is 0 Å². The summed E-state index contributed by atoms with van der Waals surface area (Å²) in [6.07, 6.45) is 0.957. The Kier molecular flexibility index (Phi) is 5.54. The summed E-state index contributed by atoms with van der Waals surface area (Å²) in [5, 5.41) is 3.33. The second-order valence-electron chi connectivity index (χ2n) is 5.42. The van der Waals surface area contributed by atoms with Crippen molar-refractivity contribution in [2.75, 3.05) is 18.5 Å². The van der Waals surface area contributed by atoms with Crippen molar-refractivity contribution < 1.29 is 4.74 Å². The maximum Gasteiger partial charge on any atom is 0.226 e. The van der Waals surface area contributed by atoms with E-state index in [4.69, 9.17) is 10.5 Å². The molecule has 1 heterocycles. The van der Waals surface area contributed by atoms with Crippen molar-refractivity contribution in [3.8, 4) is 5.88 Å². The molecular formula is C14H26N4O. The Morgan fingerprint density at radius 3 is 2.63 bits per heavy atom. The molecule has 1 aromatic heterocycles. The Labute approximate surface area is 116 Å². The van der Waals surface area contributed by atoms with Gasteiger partial charge in [-0.15, -0.1) is 0 Å². The second-order valence-corrected chi connectivity index (χ2v) is 5.42. The summed E-state index contributed by atoms with van der Waals surface area (Å²) in [7, 11) is 0. The number of hydrogen-bond donors (Lipinski definition) is 2. The van der Waals surface area contributed by atoms with E-state index in [0.717, 1.165) is 12.1 Å². The summed E-state index contributed by atoms with van der Waals surface area (Å²) in [6.45, 7) is 11.5. The number of aromatic nitrogens is 2. The van der Waals surface area contributed by atoms with Gasteiger partial charge in [0.25, 0.3) is 0 Å². The summed E-state index contributed by atoms with van der Waals surface area (Å²) in [5.74, 6) is 1.56. The Hall–Kier alpha value is -1.36. The molecule has 19 heavy (non-hydrogen) atoms. The van der Waals surface area contributed by atoms with E-state index in [2.05, 4.69) is 43.0 Å². The molecule has 0 saturated heterocycles. The molecule has 0 spiro atoms. The molecule has 0 aromatic carbocycles. The number of nitrogens with one attached hydrogen (secondary N) is 1. The lowest BCUT2D eigenvalue weighted by atomic mass is 9.89. The first-order valence-electron chi connectivity index (χ1n) is 6.88. The minimum atomic E-state index is -0.226. The van der Waals surface area contributed by atoms with Crippen LogP contribution in [0, 0.1) is 12.8 Å². The fraction of sp³-hybridized carbons (Fsp3) is 0.714. The zero-order valence-corrected chi connectivity index (χ0v) is 12.7. The monoisotopic (exact) mass is 266 g/mol. The quantitative estimate of drug-likeness (QED) is 0.792. The maximum atomic E-state index is 5.86. The van der Waals surface area contributed by atoms with Gasteiger partial charge in [0.05, 0.1) is 12.1 Å². The van der Waals surface area contributed by atoms with E-state index in [1.54, 1.807) is 0 Å². The molecule has 0 aliphatic rings. The predicted octanol–water partition coefficient (Wildman–Crippen LogP) is 2.36. The topological polar surface area (TPSA) is 73.1 Å². The Bertz CT molecular complexity index is 408. The highest BCUT2D eigenvalue weighted by atomic mass is 16.5. The van der Waals surface area contributed by atoms with Crippen LogP contribution in [0.3, 0.4) is 0 Å². The van der Waals surface area contributed by atoms with E-state index in [-0.39, 0.29) is 5.54 Å². The molecule has 1 aromatic rings. The highest BCUT2D eigenvalue weighted by molar-refractivity contribution is 5.34. The van der Waals surface area contributed by atoms with Gasteiger partial charge in [-0.2, -0.15) is 4.98 Å². The molecule has 3 N–H and O–H groups in total. The molecule has 0 bridgehead atoms. The van der Waals surface area contributed by atoms with Crippen LogP contribution in [0.15, 0.2) is 6.07 Å². The van der Waals surface area contributed by atoms with Crippen LogP contribution in [0.1, 0.15) is 39.8 Å². The summed E-state index contributed by atoms with van der Waals surface area (Å²) < 4.78 is 5.56. The van der Waals surface area contributed by atoms with Gasteiger partial charge >= 0.3 is 0 Å². The number of hydrogen-bond acceptors (Lipinski definition) is 5. The summed E-state index contributed by atoms with van der Waals surface area (Å²) in [5.41, 5.74) is 6.52. The lowest BCUT2D eigenvalue weighted by molar-refractivity contribution is 0.304. The van der Waals surface area contributed by atoms with E-state index in [1.165, 1.54) is 0 Å². The van der Waals surface area contributed by atoms with Crippen LogP contribution >= 0.6 is 0 Å². The second kappa shape index (κ2) is 6.70. The fourth-order valence-corrected chi connectivity index (χ4v) is 1.56. The Morgan fingerprint density at radius 1 is 1.42 bits per heavy atom. The van der Waals surface area contributed by atoms with Gasteiger partial charge in [0.2, 0.25) is 11.8 Å². The van der Waals surface area contributed by atoms with Crippen molar-refractivity contribution in [2.24, 2.45) is 11.7 Å². The number of aryl methyl sites for hydroxylation is 1. The van der Waals surface area contributed by atoms with E-state index in [1.807, 2.05) is 13.0 Å². The molecule has 0 aliphatic carbocycles. The molecular weight excluding hydrogens is 240 g/mol. The number of nitrogens with zero attached hydrogens (tertiary/aromatic N) is 2. The van der Waals surface area contributed by atoms with E-state index < -0.39 is 0 Å². The molecule has 5 nitrogen and oxygen atoms in total. The number of ether oxygens (including phenoxy) is 1. The van der Waals surface area contributed by atoms with Crippen LogP contribution < -0.4 is 15.8 Å². The number of rotatable bonds is 7. The van der Waals surface area contributed by atoms with Crippen molar-refractivity contribution >= 4 is 5.95 Å². The fourth-order valence-electron chi connectivity index (χ4n) is 1.56. The van der Waals surface area contributed by atoms with Gasteiger partial charge in [-0.1, -0.05) is 20.8 Å². The first-order valence-corrected chi connectivity index (χ1v) is 6.88. The summed E-state index contributed by atoms with van der Waals surface area (Å²) in [6, 6.07) is 1.84. The molecule has 0 saturated carbocycles. The SMILES string of the molecule is CCCOc1cc(C)nc(NC(C)(CN)C(C)C)n1. The van der Waals surface area contributed by atoms with Gasteiger partial charge in [-0.25, -0.2) is 4.98 Å². The van der Waals surface area contributed by atoms with Gasteiger partial charge in [0, 0.05) is 18.3 Å². The predicted molar refractivity (Wildman–Crippen MR) is 78.5 cm³/mol. The largest absolute Gasteiger partial charge is 0.478 e. The minimum Gasteiger partial charge on any atom is -0.478 e. The highest BCUT2D eigenvalue weighted by Crippen LogP contribution is 2.21. The molecule has 0 radical (unpaired) electrons. The van der Waals surface area contributed by atoms with Gasteiger partial charge < -0.3 is 15.8 Å². The standard InChI is InChI=1S/C14H26N4O/c1-6-7-19-12-8-11(4)16-13(17-12)18-14(5,9-15)10(2)3/h8,10H,6-7,9,15H2,1-5H3,(H,16,17,18). The third kappa shape index (κ3) is 4.35. The van der Waals surface area contributed by atoms with E-state index in [9.17, 15) is 0 Å². The Balaban J connectivity index is 2.91. The van der Waals surface area contributed by atoms with Crippen LogP contribution in [0.25, 0.3) is 0 Å². The van der Waals surface area contributed by atoms with E-state index in [0.29, 0.717) is 30.9 Å². The van der Waals surface area contributed by atoms with E-state index >= 15 is 0 Å². The molecule has 0 amide bonds. The number of anilines is 1. The molecule has 5 heteroatoms. The lowest BCUT2D eigenvalue weighted by Crippen LogP contribution is -2.47. The molecule has 1 rings (SSSR count). The average molecular weight is 266 g/mol. The van der Waals surface area contributed by atoms with Crippen molar-refractivity contribution in [2.45, 2.75) is 46.6 Å². The van der Waals surface area contributed by atoms with Crippen LogP contribution in [-0.2, 0) is 0 Å². The van der Waals surface area contributed by atoms with Crippen molar-refractivity contribution in [3.05, 3.63) is 11.8 Å². The van der Waals surface area contributed by atoms with Gasteiger partial charge in [0.1, 0.15) is 0 Å². The maximum absolute atomic E-state index is 5.86. The first-order chi connectivity index (χ1) is 8.91. The molecule has 1 atom stereocenters. The smallest absolute Gasteiger partial charge is 0.226 e. The lowest BCUT2D eigenvalue weighted by Gasteiger charge is -2.33. The third-order valence-electron chi connectivity index (χ3n) is 3.38. The summed E-state index contributed by atoms with van der Waals surface area (Å²) in [4.78, 5) is 8.79. The molecule has 1 unspecified atom stereocenters. The molecule has 0 aliphatic heterocycles. The first kappa shape index (κ1) is 15.7. The third-order valence-corrected chi connectivity index (χ3v) is 3.38. The zero-order valence-electron chi connectivity index (χ0n) is 12.7. The van der Waals surface area contributed by atoms with Crippen LogP contribution in [0.4, 0.5) is 5.95 Å². The van der Waals surface area contributed by atoms with Crippen molar-refractivity contribution in [1.29, 1.82) is 0 Å². The Morgan fingerprint density at radius 2 is 2.11 bits per heavy atom. The van der Waals surface area contributed by atoms with Crippen LogP contribution in [-0.4, -0.2) is 28.7 Å².